The molecule has 2 saturated carbocycles. The Hall–Kier alpha value is -0.860. The first-order valence-electron chi connectivity index (χ1n) is 7.36. The first-order valence-corrected chi connectivity index (χ1v) is 7.36. The van der Waals surface area contributed by atoms with E-state index >= 15 is 0 Å². The fourth-order valence-corrected chi connectivity index (χ4v) is 4.18. The number of fused-ring (bicyclic) bond motifs is 2. The van der Waals surface area contributed by atoms with Gasteiger partial charge in [-0.15, -0.1) is 0 Å². The molecule has 2 nitrogen and oxygen atoms in total. The van der Waals surface area contributed by atoms with Crippen LogP contribution in [0.3, 0.4) is 0 Å². The standard InChI is InChI=1S/C16H24N2/c1-2-11-4-3-5-14(8-11)16(18-17)15-10-12-6-7-13(15)9-12/h3-5,8,12-13,15-16,18H,2,6-7,9-10,17H2,1H3. The Morgan fingerprint density at radius 3 is 2.83 bits per heavy atom. The Morgan fingerprint density at radius 1 is 1.33 bits per heavy atom. The third-order valence-electron chi connectivity index (χ3n) is 5.12. The first-order chi connectivity index (χ1) is 8.81. The summed E-state index contributed by atoms with van der Waals surface area (Å²) in [5.74, 6) is 8.49. The van der Waals surface area contributed by atoms with Gasteiger partial charge < -0.3 is 0 Å². The van der Waals surface area contributed by atoms with Gasteiger partial charge in [-0.2, -0.15) is 0 Å². The fourth-order valence-electron chi connectivity index (χ4n) is 4.18. The molecule has 0 aromatic heterocycles. The van der Waals surface area contributed by atoms with Crippen molar-refractivity contribution in [2.75, 3.05) is 0 Å². The number of benzene rings is 1. The van der Waals surface area contributed by atoms with Crippen molar-refractivity contribution < 1.29 is 0 Å². The molecule has 2 heteroatoms. The molecule has 0 spiro atoms. The second-order valence-corrected chi connectivity index (χ2v) is 6.08. The molecule has 3 N–H and O–H groups in total. The maximum Gasteiger partial charge on any atom is 0.0490 e. The smallest absolute Gasteiger partial charge is 0.0490 e. The van der Waals surface area contributed by atoms with E-state index in [9.17, 15) is 0 Å². The largest absolute Gasteiger partial charge is 0.271 e. The number of aryl methyl sites for hydroxylation is 1. The van der Waals surface area contributed by atoms with Gasteiger partial charge in [0.15, 0.2) is 0 Å². The minimum atomic E-state index is 0.354. The lowest BCUT2D eigenvalue weighted by Crippen LogP contribution is -2.35. The highest BCUT2D eigenvalue weighted by atomic mass is 15.2. The van der Waals surface area contributed by atoms with Crippen LogP contribution in [0.25, 0.3) is 0 Å². The van der Waals surface area contributed by atoms with Gasteiger partial charge in [-0.25, -0.2) is 0 Å². The van der Waals surface area contributed by atoms with E-state index in [2.05, 4.69) is 36.6 Å². The molecule has 2 fully saturated rings. The molecule has 2 aliphatic rings. The van der Waals surface area contributed by atoms with Crippen molar-refractivity contribution in [3.05, 3.63) is 35.4 Å². The number of hydrogen-bond acceptors (Lipinski definition) is 2. The van der Waals surface area contributed by atoms with Crippen molar-refractivity contribution >= 4 is 0 Å². The molecule has 4 unspecified atom stereocenters. The van der Waals surface area contributed by atoms with Gasteiger partial charge in [0.1, 0.15) is 0 Å². The highest BCUT2D eigenvalue weighted by Gasteiger charge is 2.43. The molecule has 0 heterocycles. The van der Waals surface area contributed by atoms with Gasteiger partial charge in [0.05, 0.1) is 0 Å². The Kier molecular flexibility index (Phi) is 3.40. The molecule has 3 rings (SSSR count). The topological polar surface area (TPSA) is 38.0 Å². The van der Waals surface area contributed by atoms with Crippen LogP contribution in [0, 0.1) is 17.8 Å². The lowest BCUT2D eigenvalue weighted by atomic mass is 9.80. The summed E-state index contributed by atoms with van der Waals surface area (Å²) < 4.78 is 0. The lowest BCUT2D eigenvalue weighted by Gasteiger charge is -2.30. The van der Waals surface area contributed by atoms with Crippen molar-refractivity contribution in [3.8, 4) is 0 Å². The van der Waals surface area contributed by atoms with Crippen LogP contribution in [0.1, 0.15) is 49.8 Å². The molecule has 0 saturated heterocycles. The van der Waals surface area contributed by atoms with E-state index in [4.69, 9.17) is 5.84 Å². The van der Waals surface area contributed by atoms with E-state index < -0.39 is 0 Å². The predicted octanol–water partition coefficient (Wildman–Crippen LogP) is 3.19. The second-order valence-electron chi connectivity index (χ2n) is 6.08. The van der Waals surface area contributed by atoms with Crippen LogP contribution in [0.15, 0.2) is 24.3 Å². The zero-order chi connectivity index (χ0) is 12.5. The number of rotatable bonds is 4. The van der Waals surface area contributed by atoms with E-state index in [0.717, 1.165) is 24.2 Å². The quantitative estimate of drug-likeness (QED) is 0.630. The SMILES string of the molecule is CCc1cccc(C(NN)C2CC3CCC2C3)c1. The van der Waals surface area contributed by atoms with Crippen LogP contribution < -0.4 is 11.3 Å². The van der Waals surface area contributed by atoms with Crippen LogP contribution in [-0.2, 0) is 6.42 Å². The number of nitrogens with one attached hydrogen (secondary N) is 1. The Bertz CT molecular complexity index is 415. The van der Waals surface area contributed by atoms with Crippen molar-refractivity contribution in [2.45, 2.75) is 45.1 Å². The van der Waals surface area contributed by atoms with Crippen LogP contribution in [0.5, 0.6) is 0 Å². The minimum absolute atomic E-state index is 0.354. The van der Waals surface area contributed by atoms with Crippen molar-refractivity contribution in [2.24, 2.45) is 23.6 Å². The van der Waals surface area contributed by atoms with Gasteiger partial charge in [-0.3, -0.25) is 11.3 Å². The summed E-state index contributed by atoms with van der Waals surface area (Å²) in [4.78, 5) is 0. The van der Waals surface area contributed by atoms with Gasteiger partial charge in [0.25, 0.3) is 0 Å². The summed E-state index contributed by atoms with van der Waals surface area (Å²) >= 11 is 0. The van der Waals surface area contributed by atoms with Gasteiger partial charge in [0.2, 0.25) is 0 Å². The van der Waals surface area contributed by atoms with Crippen molar-refractivity contribution in [3.63, 3.8) is 0 Å². The Morgan fingerprint density at radius 2 is 2.22 bits per heavy atom. The fraction of sp³-hybridized carbons (Fsp3) is 0.625. The van der Waals surface area contributed by atoms with E-state index in [-0.39, 0.29) is 0 Å². The molecule has 1 aromatic carbocycles. The Labute approximate surface area is 110 Å². The highest BCUT2D eigenvalue weighted by Crippen LogP contribution is 2.52. The first kappa shape index (κ1) is 12.2. The minimum Gasteiger partial charge on any atom is -0.271 e. The molecule has 98 valence electrons. The lowest BCUT2D eigenvalue weighted by molar-refractivity contribution is 0.252. The molecule has 2 aliphatic carbocycles. The normalized spacial score (nSPS) is 31.8. The highest BCUT2D eigenvalue weighted by molar-refractivity contribution is 5.27. The van der Waals surface area contributed by atoms with Gasteiger partial charge in [-0.05, 0) is 54.6 Å². The molecular formula is C16H24N2. The molecular weight excluding hydrogens is 220 g/mol. The number of hydrazine groups is 1. The average molecular weight is 244 g/mol. The molecule has 18 heavy (non-hydrogen) atoms. The van der Waals surface area contributed by atoms with Gasteiger partial charge in [0, 0.05) is 6.04 Å². The molecule has 0 amide bonds. The van der Waals surface area contributed by atoms with E-state index in [1.807, 2.05) is 0 Å². The molecule has 0 aliphatic heterocycles. The van der Waals surface area contributed by atoms with Crippen LogP contribution in [-0.4, -0.2) is 0 Å². The average Bonchev–Trinajstić information content (AvgIpc) is 3.02. The second kappa shape index (κ2) is 5.02. The van der Waals surface area contributed by atoms with E-state index in [0.29, 0.717) is 6.04 Å². The molecule has 2 bridgehead atoms. The predicted molar refractivity (Wildman–Crippen MR) is 74.8 cm³/mol. The van der Waals surface area contributed by atoms with Gasteiger partial charge in [-0.1, -0.05) is 37.6 Å². The summed E-state index contributed by atoms with van der Waals surface area (Å²) in [7, 11) is 0. The maximum atomic E-state index is 5.86. The van der Waals surface area contributed by atoms with Crippen molar-refractivity contribution in [1.29, 1.82) is 0 Å². The van der Waals surface area contributed by atoms with Crippen molar-refractivity contribution in [1.82, 2.24) is 5.43 Å². The summed E-state index contributed by atoms with van der Waals surface area (Å²) in [6.45, 7) is 2.21. The molecule has 0 radical (unpaired) electrons. The summed E-state index contributed by atoms with van der Waals surface area (Å²) in [5.41, 5.74) is 5.89. The third kappa shape index (κ3) is 2.08. The van der Waals surface area contributed by atoms with Crippen LogP contribution >= 0.6 is 0 Å². The number of nitrogens with two attached hydrogens (primary N) is 1. The number of hydrogen-bond donors (Lipinski definition) is 2. The maximum absolute atomic E-state index is 5.86. The summed E-state index contributed by atoms with van der Waals surface area (Å²) in [6.07, 6.45) is 6.78. The molecule has 4 atom stereocenters. The van der Waals surface area contributed by atoms with Gasteiger partial charge >= 0.3 is 0 Å². The van der Waals surface area contributed by atoms with E-state index in [1.54, 1.807) is 0 Å². The summed E-state index contributed by atoms with van der Waals surface area (Å²) in [5, 5.41) is 0. The van der Waals surface area contributed by atoms with E-state index in [1.165, 1.54) is 36.8 Å². The monoisotopic (exact) mass is 244 g/mol. The zero-order valence-electron chi connectivity index (χ0n) is 11.2. The van der Waals surface area contributed by atoms with Crippen LogP contribution in [0.2, 0.25) is 0 Å². The molecule has 1 aromatic rings. The Balaban J connectivity index is 1.83. The zero-order valence-corrected chi connectivity index (χ0v) is 11.2. The summed E-state index contributed by atoms with van der Waals surface area (Å²) in [6, 6.07) is 9.29. The van der Waals surface area contributed by atoms with Crippen LogP contribution in [0.4, 0.5) is 0 Å². The third-order valence-corrected chi connectivity index (χ3v) is 5.12.